The molecular formula is C26H34N+. The number of benzene rings is 2. The topological polar surface area (TPSA) is 3.88 Å². The highest BCUT2D eigenvalue weighted by Crippen LogP contribution is 2.15. The number of para-hydroxylation sites is 1. The van der Waals surface area contributed by atoms with E-state index in [9.17, 15) is 0 Å². The van der Waals surface area contributed by atoms with E-state index in [0.29, 0.717) is 0 Å². The first-order valence-electron chi connectivity index (χ1n) is 10.8. The lowest BCUT2D eigenvalue weighted by atomic mass is 10.0. The molecule has 0 bridgehead atoms. The second kappa shape index (κ2) is 10.9. The van der Waals surface area contributed by atoms with Gasteiger partial charge in [0.15, 0.2) is 12.2 Å². The summed E-state index contributed by atoms with van der Waals surface area (Å²) in [5, 5.41) is 1.33. The van der Waals surface area contributed by atoms with Crippen molar-refractivity contribution >= 4 is 10.9 Å². The van der Waals surface area contributed by atoms with Gasteiger partial charge in [0.2, 0.25) is 5.52 Å². The van der Waals surface area contributed by atoms with Crippen molar-refractivity contribution in [1.82, 2.24) is 0 Å². The Morgan fingerprint density at radius 3 is 2.07 bits per heavy atom. The molecule has 0 aliphatic carbocycles. The van der Waals surface area contributed by atoms with Crippen molar-refractivity contribution in [3.05, 3.63) is 78.0 Å². The Balaban J connectivity index is 1.64. The van der Waals surface area contributed by atoms with Crippen molar-refractivity contribution in [2.45, 2.75) is 71.3 Å². The molecule has 0 radical (unpaired) electrons. The number of hydrogen-bond acceptors (Lipinski definition) is 0. The molecule has 0 aliphatic rings. The molecule has 3 aromatic rings. The van der Waals surface area contributed by atoms with Crippen molar-refractivity contribution in [3.63, 3.8) is 0 Å². The average molecular weight is 361 g/mol. The van der Waals surface area contributed by atoms with Gasteiger partial charge in [0.25, 0.3) is 0 Å². The Labute approximate surface area is 165 Å². The van der Waals surface area contributed by atoms with Crippen LogP contribution in [-0.2, 0) is 13.0 Å². The zero-order valence-corrected chi connectivity index (χ0v) is 16.9. The van der Waals surface area contributed by atoms with Gasteiger partial charge < -0.3 is 0 Å². The van der Waals surface area contributed by atoms with Gasteiger partial charge in [0.1, 0.15) is 0 Å². The molecular weight excluding hydrogens is 326 g/mol. The summed E-state index contributed by atoms with van der Waals surface area (Å²) in [6, 6.07) is 24.2. The van der Waals surface area contributed by atoms with E-state index in [4.69, 9.17) is 0 Å². The van der Waals surface area contributed by atoms with Crippen molar-refractivity contribution in [2.75, 3.05) is 0 Å². The number of rotatable bonds is 11. The standard InChI is InChI=1S/C26H34N/c1-2-3-4-5-6-7-8-12-18-25-21-20-24-17-13-14-19-26(24)27(25)22-23-15-10-9-11-16-23/h9-11,13-17,19-21H,2-8,12,18,22H2,1H3/q+1. The predicted octanol–water partition coefficient (Wildman–Crippen LogP) is 6.86. The highest BCUT2D eigenvalue weighted by atomic mass is 15.0. The summed E-state index contributed by atoms with van der Waals surface area (Å²) in [6.45, 7) is 3.24. The summed E-state index contributed by atoms with van der Waals surface area (Å²) in [6.07, 6.45) is 12.2. The van der Waals surface area contributed by atoms with Crippen molar-refractivity contribution in [1.29, 1.82) is 0 Å². The summed E-state index contributed by atoms with van der Waals surface area (Å²) in [5.74, 6) is 0. The molecule has 0 N–H and O–H groups in total. The van der Waals surface area contributed by atoms with E-state index in [1.165, 1.54) is 79.9 Å². The number of unbranched alkanes of at least 4 members (excludes halogenated alkanes) is 7. The fourth-order valence-electron chi connectivity index (χ4n) is 3.92. The first-order valence-corrected chi connectivity index (χ1v) is 10.8. The van der Waals surface area contributed by atoms with Crippen molar-refractivity contribution < 1.29 is 4.57 Å². The summed E-state index contributed by atoms with van der Waals surface area (Å²) in [7, 11) is 0. The first kappa shape index (κ1) is 19.6. The molecule has 0 amide bonds. The summed E-state index contributed by atoms with van der Waals surface area (Å²) in [4.78, 5) is 0. The third-order valence-electron chi connectivity index (χ3n) is 5.50. The maximum atomic E-state index is 2.52. The van der Waals surface area contributed by atoms with Gasteiger partial charge in [0.05, 0.1) is 0 Å². The van der Waals surface area contributed by atoms with E-state index in [1.54, 1.807) is 0 Å². The Morgan fingerprint density at radius 2 is 1.30 bits per heavy atom. The lowest BCUT2D eigenvalue weighted by Crippen LogP contribution is -2.39. The molecule has 1 heterocycles. The van der Waals surface area contributed by atoms with E-state index in [0.717, 1.165) is 6.54 Å². The van der Waals surface area contributed by atoms with Gasteiger partial charge in [0, 0.05) is 29.5 Å². The molecule has 0 aliphatic heterocycles. The van der Waals surface area contributed by atoms with E-state index in [2.05, 4.69) is 78.2 Å². The average Bonchev–Trinajstić information content (AvgIpc) is 2.72. The van der Waals surface area contributed by atoms with Crippen LogP contribution < -0.4 is 4.57 Å². The smallest absolute Gasteiger partial charge is 0.191 e. The molecule has 3 rings (SSSR count). The molecule has 1 aromatic heterocycles. The second-order valence-corrected chi connectivity index (χ2v) is 7.68. The van der Waals surface area contributed by atoms with Crippen LogP contribution in [0.1, 0.15) is 69.5 Å². The van der Waals surface area contributed by atoms with Crippen LogP contribution in [0.3, 0.4) is 0 Å². The van der Waals surface area contributed by atoms with Crippen LogP contribution in [0.15, 0.2) is 66.7 Å². The van der Waals surface area contributed by atoms with Gasteiger partial charge in [-0.1, -0.05) is 94.3 Å². The van der Waals surface area contributed by atoms with Crippen LogP contribution in [0, 0.1) is 0 Å². The molecule has 27 heavy (non-hydrogen) atoms. The van der Waals surface area contributed by atoms with E-state index >= 15 is 0 Å². The molecule has 2 aromatic carbocycles. The van der Waals surface area contributed by atoms with Crippen LogP contribution in [0.2, 0.25) is 0 Å². The number of aromatic nitrogens is 1. The third-order valence-corrected chi connectivity index (χ3v) is 5.50. The van der Waals surface area contributed by atoms with E-state index in [-0.39, 0.29) is 0 Å². The monoisotopic (exact) mass is 360 g/mol. The van der Waals surface area contributed by atoms with Crippen molar-refractivity contribution in [2.24, 2.45) is 0 Å². The molecule has 0 saturated heterocycles. The number of fused-ring (bicyclic) bond motifs is 1. The molecule has 0 saturated carbocycles. The number of pyridine rings is 1. The zero-order valence-electron chi connectivity index (χ0n) is 16.9. The molecule has 1 nitrogen and oxygen atoms in total. The third kappa shape index (κ3) is 5.92. The quantitative estimate of drug-likeness (QED) is 0.260. The second-order valence-electron chi connectivity index (χ2n) is 7.68. The number of hydrogen-bond donors (Lipinski definition) is 0. The van der Waals surface area contributed by atoms with E-state index in [1.807, 2.05) is 0 Å². The van der Waals surface area contributed by atoms with Crippen LogP contribution >= 0.6 is 0 Å². The largest absolute Gasteiger partial charge is 0.212 e. The van der Waals surface area contributed by atoms with Crippen LogP contribution in [0.5, 0.6) is 0 Å². The highest BCUT2D eigenvalue weighted by molar-refractivity contribution is 5.75. The fraction of sp³-hybridized carbons (Fsp3) is 0.423. The summed E-state index contributed by atoms with van der Waals surface area (Å²) in [5.41, 5.74) is 4.18. The molecule has 0 unspecified atom stereocenters. The first-order chi connectivity index (χ1) is 13.4. The van der Waals surface area contributed by atoms with Gasteiger partial charge in [-0.25, -0.2) is 0 Å². The minimum Gasteiger partial charge on any atom is -0.191 e. The highest BCUT2D eigenvalue weighted by Gasteiger charge is 2.15. The van der Waals surface area contributed by atoms with Gasteiger partial charge in [-0.3, -0.25) is 0 Å². The summed E-state index contributed by atoms with van der Waals surface area (Å²) >= 11 is 0. The Morgan fingerprint density at radius 1 is 0.630 bits per heavy atom. The van der Waals surface area contributed by atoms with Crippen LogP contribution in [-0.4, -0.2) is 0 Å². The fourth-order valence-corrected chi connectivity index (χ4v) is 3.92. The van der Waals surface area contributed by atoms with Crippen molar-refractivity contribution in [3.8, 4) is 0 Å². The van der Waals surface area contributed by atoms with Gasteiger partial charge in [-0.15, -0.1) is 0 Å². The Bertz CT molecular complexity index is 807. The van der Waals surface area contributed by atoms with Gasteiger partial charge >= 0.3 is 0 Å². The maximum Gasteiger partial charge on any atom is 0.212 e. The van der Waals surface area contributed by atoms with Gasteiger partial charge in [-0.05, 0) is 18.6 Å². The lowest BCUT2D eigenvalue weighted by molar-refractivity contribution is -0.670. The molecule has 0 spiro atoms. The van der Waals surface area contributed by atoms with Gasteiger partial charge in [-0.2, -0.15) is 4.57 Å². The van der Waals surface area contributed by atoms with Crippen LogP contribution in [0.4, 0.5) is 0 Å². The normalized spacial score (nSPS) is 11.1. The van der Waals surface area contributed by atoms with Crippen LogP contribution in [0.25, 0.3) is 10.9 Å². The lowest BCUT2D eigenvalue weighted by Gasteiger charge is -2.08. The Hall–Kier alpha value is -2.15. The molecule has 1 heteroatoms. The minimum absolute atomic E-state index is 0.953. The molecule has 0 atom stereocenters. The number of aryl methyl sites for hydroxylation is 1. The SMILES string of the molecule is CCCCCCCCCCc1ccc2ccccc2[n+]1Cc1ccccc1. The maximum absolute atomic E-state index is 2.52. The Kier molecular flexibility index (Phi) is 7.89. The molecule has 0 fully saturated rings. The molecule has 142 valence electrons. The summed E-state index contributed by atoms with van der Waals surface area (Å²) < 4.78 is 2.52. The van der Waals surface area contributed by atoms with E-state index < -0.39 is 0 Å². The minimum atomic E-state index is 0.953. The zero-order chi connectivity index (χ0) is 18.7. The predicted molar refractivity (Wildman–Crippen MR) is 116 cm³/mol. The number of nitrogens with zero attached hydrogens (tertiary/aromatic N) is 1.